The average Bonchev–Trinajstić information content (AvgIpc) is 2.74. The molecule has 0 saturated carbocycles. The number of hydrogen-bond acceptors (Lipinski definition) is 6. The van der Waals surface area contributed by atoms with Crippen LogP contribution in [0.25, 0.3) is 0 Å². The standard InChI is InChI=1S/C13H15N5OS/c1-8-3-12(15-7-14-8)18-4-10(5-18)11-6-20-13(17-11)16-9(2)19/h3,6-7,10H,4-5H2,1-2H3,(H,16,17,19). The van der Waals surface area contributed by atoms with Gasteiger partial charge in [0.2, 0.25) is 5.91 Å². The number of rotatable bonds is 3. The zero-order chi connectivity index (χ0) is 14.1. The van der Waals surface area contributed by atoms with Crippen molar-refractivity contribution in [3.8, 4) is 0 Å². The summed E-state index contributed by atoms with van der Waals surface area (Å²) < 4.78 is 0. The van der Waals surface area contributed by atoms with Gasteiger partial charge in [0.15, 0.2) is 5.13 Å². The van der Waals surface area contributed by atoms with Gasteiger partial charge in [0.1, 0.15) is 12.1 Å². The van der Waals surface area contributed by atoms with Crippen molar-refractivity contribution in [3.63, 3.8) is 0 Å². The predicted octanol–water partition coefficient (Wildman–Crippen LogP) is 1.80. The van der Waals surface area contributed by atoms with E-state index in [1.807, 2.05) is 18.4 Å². The fourth-order valence-corrected chi connectivity index (χ4v) is 2.99. The highest BCUT2D eigenvalue weighted by atomic mass is 32.1. The van der Waals surface area contributed by atoms with Gasteiger partial charge in [-0.05, 0) is 6.92 Å². The second-order valence-electron chi connectivity index (χ2n) is 4.88. The lowest BCUT2D eigenvalue weighted by molar-refractivity contribution is -0.114. The molecule has 0 aromatic carbocycles. The quantitative estimate of drug-likeness (QED) is 0.933. The Balaban J connectivity index is 1.62. The molecule has 3 heterocycles. The van der Waals surface area contributed by atoms with E-state index < -0.39 is 0 Å². The largest absolute Gasteiger partial charge is 0.355 e. The summed E-state index contributed by atoms with van der Waals surface area (Å²) >= 11 is 1.47. The van der Waals surface area contributed by atoms with E-state index in [0.29, 0.717) is 11.0 Å². The number of hydrogen-bond donors (Lipinski definition) is 1. The van der Waals surface area contributed by atoms with Crippen LogP contribution in [0.4, 0.5) is 10.9 Å². The van der Waals surface area contributed by atoms with Crippen molar-refractivity contribution in [2.24, 2.45) is 0 Å². The fraction of sp³-hybridized carbons (Fsp3) is 0.385. The Morgan fingerprint density at radius 1 is 1.45 bits per heavy atom. The molecule has 0 atom stereocenters. The van der Waals surface area contributed by atoms with Crippen LogP contribution in [0, 0.1) is 6.92 Å². The van der Waals surface area contributed by atoms with Crippen molar-refractivity contribution in [2.45, 2.75) is 19.8 Å². The summed E-state index contributed by atoms with van der Waals surface area (Å²) in [6, 6.07) is 1.99. The third-order valence-corrected chi connectivity index (χ3v) is 3.99. The number of aryl methyl sites for hydroxylation is 1. The highest BCUT2D eigenvalue weighted by Gasteiger charge is 2.31. The molecule has 20 heavy (non-hydrogen) atoms. The maximum atomic E-state index is 11.0. The van der Waals surface area contributed by atoms with Gasteiger partial charge in [0, 0.05) is 43.1 Å². The average molecular weight is 289 g/mol. The molecular weight excluding hydrogens is 274 g/mol. The molecule has 0 aliphatic carbocycles. The van der Waals surface area contributed by atoms with Crippen LogP contribution in [-0.4, -0.2) is 33.9 Å². The molecule has 0 unspecified atom stereocenters. The van der Waals surface area contributed by atoms with E-state index in [-0.39, 0.29) is 5.91 Å². The Kier molecular flexibility index (Phi) is 3.35. The Labute approximate surface area is 120 Å². The van der Waals surface area contributed by atoms with E-state index in [9.17, 15) is 4.79 Å². The first-order valence-electron chi connectivity index (χ1n) is 6.38. The molecule has 2 aromatic rings. The molecule has 0 bridgehead atoms. The second kappa shape index (κ2) is 5.16. The van der Waals surface area contributed by atoms with E-state index in [2.05, 4.69) is 25.2 Å². The third-order valence-electron chi connectivity index (χ3n) is 3.22. The lowest BCUT2D eigenvalue weighted by Crippen LogP contribution is -2.45. The summed E-state index contributed by atoms with van der Waals surface area (Å²) in [5, 5.41) is 5.40. The van der Waals surface area contributed by atoms with E-state index in [1.54, 1.807) is 6.33 Å². The van der Waals surface area contributed by atoms with Crippen LogP contribution in [0.2, 0.25) is 0 Å². The third kappa shape index (κ3) is 2.62. The SMILES string of the molecule is CC(=O)Nc1nc(C2CN(c3cc(C)ncn3)C2)cs1. The highest BCUT2D eigenvalue weighted by molar-refractivity contribution is 7.13. The first kappa shape index (κ1) is 13.0. The number of nitrogens with zero attached hydrogens (tertiary/aromatic N) is 4. The number of thiazole rings is 1. The zero-order valence-electron chi connectivity index (χ0n) is 11.3. The van der Waals surface area contributed by atoms with Crippen LogP contribution in [0.15, 0.2) is 17.8 Å². The molecule has 1 fully saturated rings. The smallest absolute Gasteiger partial charge is 0.223 e. The van der Waals surface area contributed by atoms with Crippen LogP contribution in [0.3, 0.4) is 0 Å². The predicted molar refractivity (Wildman–Crippen MR) is 78.1 cm³/mol. The molecule has 0 radical (unpaired) electrons. The van der Waals surface area contributed by atoms with Crippen molar-refractivity contribution in [1.82, 2.24) is 15.0 Å². The highest BCUT2D eigenvalue weighted by Crippen LogP contribution is 2.32. The summed E-state index contributed by atoms with van der Waals surface area (Å²) in [6.07, 6.45) is 1.59. The lowest BCUT2D eigenvalue weighted by Gasteiger charge is -2.39. The van der Waals surface area contributed by atoms with Gasteiger partial charge >= 0.3 is 0 Å². The Morgan fingerprint density at radius 2 is 2.25 bits per heavy atom. The fourth-order valence-electron chi connectivity index (χ4n) is 2.15. The summed E-state index contributed by atoms with van der Waals surface area (Å²) in [5.41, 5.74) is 2.01. The molecule has 1 aliphatic heterocycles. The zero-order valence-corrected chi connectivity index (χ0v) is 12.1. The minimum atomic E-state index is -0.0856. The molecule has 2 aromatic heterocycles. The van der Waals surface area contributed by atoms with Crippen molar-refractivity contribution in [3.05, 3.63) is 29.2 Å². The van der Waals surface area contributed by atoms with Crippen LogP contribution < -0.4 is 10.2 Å². The van der Waals surface area contributed by atoms with Crippen LogP contribution >= 0.6 is 11.3 Å². The van der Waals surface area contributed by atoms with Gasteiger partial charge in [-0.15, -0.1) is 11.3 Å². The van der Waals surface area contributed by atoms with Gasteiger partial charge < -0.3 is 10.2 Å². The normalized spacial score (nSPS) is 15.0. The summed E-state index contributed by atoms with van der Waals surface area (Å²) in [6.45, 7) is 5.26. The number of carbonyl (C=O) groups is 1. The molecule has 1 aliphatic rings. The van der Waals surface area contributed by atoms with Crippen molar-refractivity contribution >= 4 is 28.2 Å². The van der Waals surface area contributed by atoms with Crippen LogP contribution in [0.5, 0.6) is 0 Å². The summed E-state index contributed by atoms with van der Waals surface area (Å²) in [5.74, 6) is 1.28. The lowest BCUT2D eigenvalue weighted by atomic mass is 9.97. The van der Waals surface area contributed by atoms with Crippen molar-refractivity contribution in [1.29, 1.82) is 0 Å². The number of amides is 1. The Bertz CT molecular complexity index is 635. The summed E-state index contributed by atoms with van der Waals surface area (Å²) in [7, 11) is 0. The van der Waals surface area contributed by atoms with Crippen LogP contribution in [0.1, 0.15) is 24.2 Å². The van der Waals surface area contributed by atoms with Gasteiger partial charge in [0.05, 0.1) is 5.69 Å². The number of nitrogens with one attached hydrogen (secondary N) is 1. The topological polar surface area (TPSA) is 71.0 Å². The van der Waals surface area contributed by atoms with Gasteiger partial charge in [-0.3, -0.25) is 4.79 Å². The minimum absolute atomic E-state index is 0.0856. The van der Waals surface area contributed by atoms with E-state index >= 15 is 0 Å². The maximum Gasteiger partial charge on any atom is 0.223 e. The van der Waals surface area contributed by atoms with Gasteiger partial charge in [-0.2, -0.15) is 0 Å². The van der Waals surface area contributed by atoms with E-state index in [1.165, 1.54) is 18.3 Å². The molecular formula is C13H15N5OS. The molecule has 7 heteroatoms. The van der Waals surface area contributed by atoms with E-state index in [0.717, 1.165) is 30.3 Å². The molecule has 1 saturated heterocycles. The number of carbonyl (C=O) groups excluding carboxylic acids is 1. The first-order valence-corrected chi connectivity index (χ1v) is 7.26. The second-order valence-corrected chi connectivity index (χ2v) is 5.74. The van der Waals surface area contributed by atoms with Gasteiger partial charge in [-0.25, -0.2) is 15.0 Å². The first-order chi connectivity index (χ1) is 9.61. The van der Waals surface area contributed by atoms with Crippen LogP contribution in [-0.2, 0) is 4.79 Å². The summed E-state index contributed by atoms with van der Waals surface area (Å²) in [4.78, 5) is 26.0. The Hall–Kier alpha value is -2.02. The van der Waals surface area contributed by atoms with Gasteiger partial charge in [-0.1, -0.05) is 0 Å². The molecule has 0 spiro atoms. The molecule has 1 N–H and O–H groups in total. The maximum absolute atomic E-state index is 11.0. The molecule has 3 rings (SSSR count). The Morgan fingerprint density at radius 3 is 2.95 bits per heavy atom. The van der Waals surface area contributed by atoms with Crippen molar-refractivity contribution < 1.29 is 4.79 Å². The number of aromatic nitrogens is 3. The molecule has 104 valence electrons. The monoisotopic (exact) mass is 289 g/mol. The van der Waals surface area contributed by atoms with Gasteiger partial charge in [0.25, 0.3) is 0 Å². The molecule has 1 amide bonds. The molecule has 6 nitrogen and oxygen atoms in total. The van der Waals surface area contributed by atoms with E-state index in [4.69, 9.17) is 0 Å². The van der Waals surface area contributed by atoms with Crippen molar-refractivity contribution in [2.75, 3.05) is 23.3 Å². The minimum Gasteiger partial charge on any atom is -0.355 e. The number of anilines is 2.